The number of fused-ring (bicyclic) bond motifs is 6. The topological polar surface area (TPSA) is 175 Å². The molecule has 5 aromatic rings. The SMILES string of the molecule is COC(=O)N[C@H](C(=O)N1CC2(CC2)CC1c1ncc(-c2ccc3c(c2)C(F)(F)c2cc(-c4ccc5nc([C@@H]6[C@H]7CCC[C@H](C7)N6C(=O)[C@@H](NC(=O)OC)C(C)C)[nH]c5c4)ccc2-3)[nH]1)C(C)C. The molecule has 2 aliphatic heterocycles. The second kappa shape index (κ2) is 16.2. The van der Waals surface area contributed by atoms with Crippen molar-refractivity contribution >= 4 is 35.0 Å². The van der Waals surface area contributed by atoms with E-state index in [2.05, 4.69) is 20.6 Å². The van der Waals surface area contributed by atoms with Crippen molar-refractivity contribution in [1.29, 1.82) is 0 Å². The molecule has 16 heteroatoms. The molecule has 4 heterocycles. The first-order valence-corrected chi connectivity index (χ1v) is 23.1. The van der Waals surface area contributed by atoms with E-state index in [4.69, 9.17) is 19.4 Å². The molecule has 4 fully saturated rings. The highest BCUT2D eigenvalue weighted by Crippen LogP contribution is 2.59. The highest BCUT2D eigenvalue weighted by atomic mass is 19.3. The third kappa shape index (κ3) is 7.36. The number of likely N-dealkylation sites (tertiary alicyclic amines) is 2. The Bertz CT molecular complexity index is 2760. The number of halogens is 2. The van der Waals surface area contributed by atoms with Crippen LogP contribution in [0.25, 0.3) is 44.5 Å². The summed E-state index contributed by atoms with van der Waals surface area (Å²) in [5.74, 6) is -2.53. The smallest absolute Gasteiger partial charge is 0.407 e. The van der Waals surface area contributed by atoms with Gasteiger partial charge in [0.1, 0.15) is 23.7 Å². The van der Waals surface area contributed by atoms with Crippen LogP contribution >= 0.6 is 0 Å². The molecule has 1 unspecified atom stereocenters. The van der Waals surface area contributed by atoms with Gasteiger partial charge in [-0.15, -0.1) is 0 Å². The fourth-order valence-electron chi connectivity index (χ4n) is 11.2. The van der Waals surface area contributed by atoms with Gasteiger partial charge in [0.25, 0.3) is 5.92 Å². The van der Waals surface area contributed by atoms with E-state index >= 15 is 8.78 Å². The summed E-state index contributed by atoms with van der Waals surface area (Å²) in [6.45, 7) is 8.10. The number of nitrogens with one attached hydrogen (secondary N) is 4. The number of aromatic nitrogens is 4. The van der Waals surface area contributed by atoms with Crippen LogP contribution in [0.2, 0.25) is 0 Å². The fourth-order valence-corrected chi connectivity index (χ4v) is 11.2. The van der Waals surface area contributed by atoms with Crippen LogP contribution in [0.5, 0.6) is 0 Å². The molecule has 4 N–H and O–H groups in total. The Balaban J connectivity index is 0.901. The van der Waals surface area contributed by atoms with Gasteiger partial charge < -0.3 is 39.9 Å². The minimum Gasteiger partial charge on any atom is -0.453 e. The molecule has 3 aromatic carbocycles. The van der Waals surface area contributed by atoms with E-state index in [0.29, 0.717) is 51.7 Å². The van der Waals surface area contributed by atoms with Crippen molar-refractivity contribution in [1.82, 2.24) is 40.4 Å². The lowest BCUT2D eigenvalue weighted by Crippen LogP contribution is -2.53. The van der Waals surface area contributed by atoms with Gasteiger partial charge in [-0.25, -0.2) is 19.6 Å². The molecule has 14 nitrogen and oxygen atoms in total. The van der Waals surface area contributed by atoms with Crippen LogP contribution in [0.4, 0.5) is 18.4 Å². The predicted octanol–water partition coefficient (Wildman–Crippen LogP) is 9.00. The van der Waals surface area contributed by atoms with Crippen LogP contribution in [0.3, 0.4) is 0 Å². The quantitative estimate of drug-likeness (QED) is 0.107. The highest BCUT2D eigenvalue weighted by Gasteiger charge is 2.55. The Morgan fingerprint density at radius 3 is 2.06 bits per heavy atom. The molecule has 2 saturated heterocycles. The van der Waals surface area contributed by atoms with Crippen molar-refractivity contribution in [3.05, 3.63) is 83.6 Å². The normalized spacial score (nSPS) is 22.9. The van der Waals surface area contributed by atoms with E-state index in [1.165, 1.54) is 20.3 Å². The van der Waals surface area contributed by atoms with Crippen LogP contribution in [0, 0.1) is 23.2 Å². The van der Waals surface area contributed by atoms with Gasteiger partial charge in [-0.1, -0.05) is 64.4 Å². The van der Waals surface area contributed by atoms with E-state index in [9.17, 15) is 19.2 Å². The first kappa shape index (κ1) is 43.6. The number of rotatable bonds is 10. The van der Waals surface area contributed by atoms with Gasteiger partial charge in [-0.3, -0.25) is 9.59 Å². The molecule has 66 heavy (non-hydrogen) atoms. The number of alkyl halides is 2. The average molecular weight is 903 g/mol. The maximum Gasteiger partial charge on any atom is 0.407 e. The second-order valence-corrected chi connectivity index (χ2v) is 19.8. The number of amides is 4. The van der Waals surface area contributed by atoms with Gasteiger partial charge >= 0.3 is 12.2 Å². The number of H-pyrrole nitrogens is 2. The Kier molecular flexibility index (Phi) is 10.7. The summed E-state index contributed by atoms with van der Waals surface area (Å²) in [4.78, 5) is 72.9. The molecule has 2 saturated carbocycles. The third-order valence-electron chi connectivity index (χ3n) is 15.0. The minimum atomic E-state index is -3.29. The monoisotopic (exact) mass is 902 g/mol. The summed E-state index contributed by atoms with van der Waals surface area (Å²) in [6, 6.07) is 13.8. The first-order chi connectivity index (χ1) is 31.6. The number of methoxy groups -OCH3 is 2. The van der Waals surface area contributed by atoms with Gasteiger partial charge in [0.05, 0.1) is 49.2 Å². The summed E-state index contributed by atoms with van der Waals surface area (Å²) >= 11 is 0. The Morgan fingerprint density at radius 1 is 0.788 bits per heavy atom. The van der Waals surface area contributed by atoms with Crippen molar-refractivity contribution in [3.63, 3.8) is 0 Å². The molecular formula is C50H56F2N8O6. The van der Waals surface area contributed by atoms with E-state index < -0.39 is 30.2 Å². The third-order valence-corrected chi connectivity index (χ3v) is 15.0. The molecule has 4 amide bonds. The molecule has 3 aliphatic carbocycles. The Morgan fingerprint density at radius 2 is 1.41 bits per heavy atom. The number of carbonyl (C=O) groups is 4. The number of carbonyl (C=O) groups excluding carboxylic acids is 4. The van der Waals surface area contributed by atoms with Crippen LogP contribution < -0.4 is 10.6 Å². The fraction of sp³-hybridized carbons (Fsp3) is 0.480. The molecule has 2 aromatic heterocycles. The largest absolute Gasteiger partial charge is 0.453 e. The summed E-state index contributed by atoms with van der Waals surface area (Å²) in [7, 11) is 2.55. The number of aromatic amines is 2. The van der Waals surface area contributed by atoms with Crippen LogP contribution in [-0.2, 0) is 25.0 Å². The summed E-state index contributed by atoms with van der Waals surface area (Å²) < 4.78 is 43.1. The van der Waals surface area contributed by atoms with Crippen molar-refractivity contribution in [2.24, 2.45) is 23.2 Å². The number of hydrogen-bond donors (Lipinski definition) is 4. The zero-order chi connectivity index (χ0) is 46.4. The molecule has 2 bridgehead atoms. The van der Waals surface area contributed by atoms with Gasteiger partial charge in [0.15, 0.2) is 0 Å². The predicted molar refractivity (Wildman–Crippen MR) is 242 cm³/mol. The zero-order valence-corrected chi connectivity index (χ0v) is 38.0. The van der Waals surface area contributed by atoms with Crippen LogP contribution in [0.15, 0.2) is 60.8 Å². The maximum atomic E-state index is 16.7. The average Bonchev–Trinajstić information content (AvgIpc) is 3.71. The number of alkyl carbamates (subject to hydrolysis) is 2. The lowest BCUT2D eigenvalue weighted by molar-refractivity contribution is -0.138. The molecule has 346 valence electrons. The number of imidazole rings is 2. The molecule has 0 radical (unpaired) electrons. The number of nitrogens with zero attached hydrogens (tertiary/aromatic N) is 4. The van der Waals surface area contributed by atoms with E-state index in [0.717, 1.165) is 56.0 Å². The molecule has 5 aliphatic rings. The standard InChI is InChI=1S/C50H56F2N8O6/c1-25(2)40(57-47(63)65-5)45(61)59-24-49(16-17-49)22-39(59)43-53-23-38(56-43)29-11-14-33-32-13-10-27(19-34(32)50(51,52)35(33)20-29)28-12-15-36-37(21-28)55-44(54-36)42-30-8-7-9-31(18-30)60(42)46(62)41(26(3)4)58-48(64)66-6/h10-15,19-21,23,25-26,30-31,39-42H,7-9,16-18,22,24H2,1-6H3,(H,53,56)(H,54,55)(H,57,63)(H,58,64)/t30-,31+,39?,40-,41-,42-/m0/s1. The van der Waals surface area contributed by atoms with Crippen molar-refractivity contribution in [3.8, 4) is 33.5 Å². The van der Waals surface area contributed by atoms with Gasteiger partial charge in [-0.05, 0) is 108 Å². The summed E-state index contributed by atoms with van der Waals surface area (Å²) in [5.41, 5.74) is 4.70. The minimum absolute atomic E-state index is 0.00965. The van der Waals surface area contributed by atoms with E-state index in [1.807, 2.05) is 62.9 Å². The molecular weight excluding hydrogens is 847 g/mol. The van der Waals surface area contributed by atoms with E-state index in [-0.39, 0.29) is 64.2 Å². The number of ether oxygens (including phenoxy) is 2. The number of benzene rings is 3. The zero-order valence-electron chi connectivity index (χ0n) is 38.0. The van der Waals surface area contributed by atoms with Gasteiger partial charge in [0, 0.05) is 29.3 Å². The van der Waals surface area contributed by atoms with Gasteiger partial charge in [0.2, 0.25) is 11.8 Å². The Labute approximate surface area is 381 Å². The van der Waals surface area contributed by atoms with Gasteiger partial charge in [-0.2, -0.15) is 8.78 Å². The highest BCUT2D eigenvalue weighted by molar-refractivity contribution is 5.89. The number of hydrogen-bond acceptors (Lipinski definition) is 8. The lowest BCUT2D eigenvalue weighted by Gasteiger charge is -2.33. The van der Waals surface area contributed by atoms with Crippen molar-refractivity contribution in [2.45, 2.75) is 109 Å². The summed E-state index contributed by atoms with van der Waals surface area (Å²) in [5, 5.41) is 5.46. The first-order valence-electron chi connectivity index (χ1n) is 23.1. The maximum absolute atomic E-state index is 16.7. The summed E-state index contributed by atoms with van der Waals surface area (Å²) in [6.07, 6.45) is 6.73. The molecule has 6 atom stereocenters. The van der Waals surface area contributed by atoms with Crippen LogP contribution in [0.1, 0.15) is 108 Å². The molecule has 1 spiro atoms. The second-order valence-electron chi connectivity index (χ2n) is 19.8. The van der Waals surface area contributed by atoms with Crippen LogP contribution in [-0.4, -0.2) is 92.6 Å². The van der Waals surface area contributed by atoms with Crippen molar-refractivity contribution < 1.29 is 37.4 Å². The van der Waals surface area contributed by atoms with Crippen molar-refractivity contribution in [2.75, 3.05) is 20.8 Å². The Hall–Kier alpha value is -6.32. The lowest BCUT2D eigenvalue weighted by atomic mass is 9.87. The van der Waals surface area contributed by atoms with E-state index in [1.54, 1.807) is 29.3 Å². The molecule has 10 rings (SSSR count).